The van der Waals surface area contributed by atoms with Gasteiger partial charge in [-0.1, -0.05) is 74.0 Å². The zero-order chi connectivity index (χ0) is 31.6. The van der Waals surface area contributed by atoms with Crippen LogP contribution in [0.1, 0.15) is 19.5 Å². The highest BCUT2D eigenvalue weighted by Gasteiger charge is 2.29. The van der Waals surface area contributed by atoms with Crippen molar-refractivity contribution in [2.75, 3.05) is 24.1 Å². The summed E-state index contributed by atoms with van der Waals surface area (Å²) < 4.78 is 36.6. The van der Waals surface area contributed by atoms with Crippen LogP contribution in [0.25, 0.3) is 32.8 Å². The maximum Gasteiger partial charge on any atom is 0.268 e. The maximum absolute atomic E-state index is 14.6. The molecule has 0 bridgehead atoms. The molecule has 1 aromatic heterocycles. The Labute approximate surface area is 269 Å². The van der Waals surface area contributed by atoms with E-state index in [1.165, 1.54) is 4.31 Å². The molecule has 228 valence electrons. The van der Waals surface area contributed by atoms with Crippen LogP contribution < -0.4 is 9.04 Å². The molecule has 0 saturated carbocycles. The summed E-state index contributed by atoms with van der Waals surface area (Å²) >= 11 is 6.30. The second kappa shape index (κ2) is 12.9. The van der Waals surface area contributed by atoms with E-state index in [1.54, 1.807) is 54.6 Å². The summed E-state index contributed by atoms with van der Waals surface area (Å²) in [5.74, 6) is 0.658. The molecule has 1 heterocycles. The summed E-state index contributed by atoms with van der Waals surface area (Å²) in [6.07, 6.45) is 0. The van der Waals surface area contributed by atoms with Gasteiger partial charge in [0.2, 0.25) is 0 Å². The maximum atomic E-state index is 14.6. The number of nitrogens with zero attached hydrogens (tertiary/aromatic N) is 3. The molecule has 0 fully saturated rings. The van der Waals surface area contributed by atoms with Gasteiger partial charge in [0.05, 0.1) is 21.8 Å². The van der Waals surface area contributed by atoms with Crippen molar-refractivity contribution in [3.05, 3.63) is 126 Å². The zero-order valence-corrected chi connectivity index (χ0v) is 27.0. The summed E-state index contributed by atoms with van der Waals surface area (Å²) in [6.45, 7) is 8.21. The molecule has 0 aliphatic rings. The van der Waals surface area contributed by atoms with Gasteiger partial charge in [0, 0.05) is 16.1 Å². The highest BCUT2D eigenvalue weighted by Crippen LogP contribution is 2.39. The average Bonchev–Trinajstić information content (AvgIpc) is 3.05. The molecular formula is C37H34ClN3O3S. The number of halogens is 1. The Balaban J connectivity index is 1.42. The van der Waals surface area contributed by atoms with Gasteiger partial charge in [0.15, 0.2) is 0 Å². The molecule has 0 saturated heterocycles. The topological polar surface area (TPSA) is 62.7 Å². The summed E-state index contributed by atoms with van der Waals surface area (Å²) in [7, 11) is -4.08. The van der Waals surface area contributed by atoms with Gasteiger partial charge in [-0.15, -0.1) is 0 Å². The third-order valence-corrected chi connectivity index (χ3v) is 9.94. The number of fused-ring (bicyclic) bond motifs is 2. The summed E-state index contributed by atoms with van der Waals surface area (Å²) in [6, 6.07) is 35.7. The minimum absolute atomic E-state index is 0.172. The van der Waals surface area contributed by atoms with Crippen molar-refractivity contribution >= 4 is 54.7 Å². The van der Waals surface area contributed by atoms with Gasteiger partial charge in [-0.05, 0) is 109 Å². The number of aromatic nitrogens is 1. The van der Waals surface area contributed by atoms with Crippen molar-refractivity contribution in [2.45, 2.75) is 25.7 Å². The number of hydrogen-bond donors (Lipinski definition) is 0. The quantitative estimate of drug-likeness (QED) is 0.140. The largest absolute Gasteiger partial charge is 0.478 e. The number of anilines is 2. The molecular weight excluding hydrogens is 602 g/mol. The molecule has 45 heavy (non-hydrogen) atoms. The van der Waals surface area contributed by atoms with E-state index < -0.39 is 10.0 Å². The first-order valence-corrected chi connectivity index (χ1v) is 16.8. The number of sulfonamides is 1. The molecule has 5 aromatic carbocycles. The number of ether oxygens (including phenoxy) is 1. The van der Waals surface area contributed by atoms with Gasteiger partial charge in [0.1, 0.15) is 12.5 Å². The van der Waals surface area contributed by atoms with Crippen molar-refractivity contribution in [3.8, 4) is 16.9 Å². The Bertz CT molecular complexity index is 2070. The van der Waals surface area contributed by atoms with E-state index in [9.17, 15) is 8.42 Å². The third kappa shape index (κ3) is 6.38. The summed E-state index contributed by atoms with van der Waals surface area (Å²) in [5.41, 5.74) is 4.20. The highest BCUT2D eigenvalue weighted by molar-refractivity contribution is 7.93. The Kier molecular flexibility index (Phi) is 8.76. The Morgan fingerprint density at radius 1 is 0.756 bits per heavy atom. The van der Waals surface area contributed by atoms with E-state index in [1.807, 2.05) is 37.3 Å². The van der Waals surface area contributed by atoms with Gasteiger partial charge >= 0.3 is 0 Å². The molecule has 6 rings (SSSR count). The smallest absolute Gasteiger partial charge is 0.268 e. The van der Waals surface area contributed by atoms with E-state index in [2.05, 4.69) is 54.1 Å². The van der Waals surface area contributed by atoms with Crippen LogP contribution in [0.2, 0.25) is 5.02 Å². The minimum atomic E-state index is -4.08. The fraction of sp³-hybridized carbons (Fsp3) is 0.162. The Morgan fingerprint density at radius 2 is 1.44 bits per heavy atom. The molecule has 0 spiro atoms. The van der Waals surface area contributed by atoms with E-state index in [-0.39, 0.29) is 4.90 Å². The molecule has 0 amide bonds. The summed E-state index contributed by atoms with van der Waals surface area (Å²) in [5, 5.41) is 3.48. The van der Waals surface area contributed by atoms with Crippen molar-refractivity contribution < 1.29 is 13.2 Å². The lowest BCUT2D eigenvalue weighted by Crippen LogP contribution is -2.28. The van der Waals surface area contributed by atoms with Crippen molar-refractivity contribution in [1.29, 1.82) is 0 Å². The van der Waals surface area contributed by atoms with Crippen LogP contribution in [0, 0.1) is 6.92 Å². The first-order chi connectivity index (χ1) is 21.8. The van der Waals surface area contributed by atoms with Gasteiger partial charge < -0.3 is 4.74 Å². The van der Waals surface area contributed by atoms with Crippen LogP contribution >= 0.6 is 11.6 Å². The Morgan fingerprint density at radius 3 is 2.16 bits per heavy atom. The first kappa shape index (κ1) is 30.6. The molecule has 6 aromatic rings. The van der Waals surface area contributed by atoms with Crippen molar-refractivity contribution in [1.82, 2.24) is 9.88 Å². The standard InChI is InChI=1S/C37H34ClN3O3S/c1-4-40(5-2)25-44-33-17-15-32(16-18-33)41(37-22-26(3)39-36-24-31(38)14-21-35(36)37)45(42,43)34-19-12-28(13-20-34)30-11-10-27-8-6-7-9-29(27)23-30/h6-24H,4-5,25H2,1-3H3. The number of hydrogen-bond acceptors (Lipinski definition) is 5. The lowest BCUT2D eigenvalue weighted by molar-refractivity contribution is 0.137. The molecule has 6 nitrogen and oxygen atoms in total. The number of benzene rings is 5. The number of rotatable bonds is 10. The predicted octanol–water partition coefficient (Wildman–Crippen LogP) is 9.22. The van der Waals surface area contributed by atoms with Gasteiger partial charge in [-0.25, -0.2) is 12.7 Å². The molecule has 0 N–H and O–H groups in total. The van der Waals surface area contributed by atoms with Crippen LogP contribution in [-0.4, -0.2) is 38.1 Å². The lowest BCUT2D eigenvalue weighted by Gasteiger charge is -2.27. The molecule has 0 radical (unpaired) electrons. The second-order valence-corrected chi connectivity index (χ2v) is 13.1. The molecule has 0 aliphatic heterocycles. The second-order valence-electron chi connectivity index (χ2n) is 10.9. The molecule has 0 unspecified atom stereocenters. The minimum Gasteiger partial charge on any atom is -0.478 e. The summed E-state index contributed by atoms with van der Waals surface area (Å²) in [4.78, 5) is 6.96. The zero-order valence-electron chi connectivity index (χ0n) is 25.4. The fourth-order valence-electron chi connectivity index (χ4n) is 5.43. The third-order valence-electron chi connectivity index (χ3n) is 7.95. The van der Waals surface area contributed by atoms with Gasteiger partial charge in [0.25, 0.3) is 10.0 Å². The number of pyridine rings is 1. The van der Waals surface area contributed by atoms with Crippen LogP contribution in [0.15, 0.2) is 120 Å². The van der Waals surface area contributed by atoms with Crippen molar-refractivity contribution in [2.24, 2.45) is 0 Å². The van der Waals surface area contributed by atoms with Crippen molar-refractivity contribution in [3.63, 3.8) is 0 Å². The van der Waals surface area contributed by atoms with E-state index in [0.717, 1.165) is 35.0 Å². The average molecular weight is 636 g/mol. The van der Waals surface area contributed by atoms with Crippen LogP contribution in [0.3, 0.4) is 0 Å². The van der Waals surface area contributed by atoms with Crippen LogP contribution in [0.5, 0.6) is 5.75 Å². The lowest BCUT2D eigenvalue weighted by atomic mass is 10.0. The molecule has 8 heteroatoms. The first-order valence-electron chi connectivity index (χ1n) is 14.9. The van der Waals surface area contributed by atoms with E-state index >= 15 is 0 Å². The normalized spacial score (nSPS) is 11.8. The monoisotopic (exact) mass is 635 g/mol. The van der Waals surface area contributed by atoms with Gasteiger partial charge in [-0.2, -0.15) is 0 Å². The van der Waals surface area contributed by atoms with Crippen LogP contribution in [0.4, 0.5) is 11.4 Å². The predicted molar refractivity (Wildman–Crippen MR) is 185 cm³/mol. The number of aryl methyl sites for hydroxylation is 1. The molecule has 0 atom stereocenters. The Hall–Kier alpha value is -4.43. The van der Waals surface area contributed by atoms with Gasteiger partial charge in [-0.3, -0.25) is 9.88 Å². The van der Waals surface area contributed by atoms with E-state index in [0.29, 0.717) is 45.5 Å². The van der Waals surface area contributed by atoms with Crippen LogP contribution in [-0.2, 0) is 10.0 Å². The molecule has 0 aliphatic carbocycles. The van der Waals surface area contributed by atoms with E-state index in [4.69, 9.17) is 16.3 Å². The fourth-order valence-corrected chi connectivity index (χ4v) is 7.10. The SMILES string of the molecule is CCN(CC)COc1ccc(N(c2cc(C)nc3cc(Cl)ccc23)S(=O)(=O)c2ccc(-c3ccc4ccccc4c3)cc2)cc1. The highest BCUT2D eigenvalue weighted by atomic mass is 35.5.